The van der Waals surface area contributed by atoms with Crippen LogP contribution in [0.1, 0.15) is 45.4 Å². The number of rotatable bonds is 7. The van der Waals surface area contributed by atoms with Crippen LogP contribution in [0.25, 0.3) is 0 Å². The smallest absolute Gasteiger partial charge is 0.324 e. The van der Waals surface area contributed by atoms with Gasteiger partial charge in [0, 0.05) is 25.1 Å². The molecule has 154 valence electrons. The van der Waals surface area contributed by atoms with Crippen LogP contribution in [0.4, 0.5) is 6.01 Å². The molecule has 8 nitrogen and oxygen atoms in total. The third-order valence-corrected chi connectivity index (χ3v) is 6.54. The monoisotopic (exact) mass is 408 g/mol. The lowest BCUT2D eigenvalue weighted by atomic mass is 9.92. The Morgan fingerprint density at radius 2 is 1.96 bits per heavy atom. The van der Waals surface area contributed by atoms with Gasteiger partial charge in [0.25, 0.3) is 0 Å². The molecule has 2 heterocycles. The van der Waals surface area contributed by atoms with E-state index in [1.807, 2.05) is 20.8 Å². The van der Waals surface area contributed by atoms with Crippen molar-refractivity contribution in [1.82, 2.24) is 14.9 Å². The second-order valence-corrected chi connectivity index (χ2v) is 9.31. The largest absolute Gasteiger partial charge is 0.490 e. The van der Waals surface area contributed by atoms with Gasteiger partial charge in [0.05, 0.1) is 11.0 Å². The highest BCUT2D eigenvalue weighted by atomic mass is 32.2. The van der Waals surface area contributed by atoms with Crippen LogP contribution in [0.5, 0.6) is 5.75 Å². The molecule has 1 unspecified atom stereocenters. The van der Waals surface area contributed by atoms with E-state index in [9.17, 15) is 8.42 Å². The SMILES string of the molecule is CNS(=O)(=O)c1cccc(OC(C)C2CCN(c3nc(C(C)C)no3)CC2)c1. The summed E-state index contributed by atoms with van der Waals surface area (Å²) in [4.78, 5) is 6.78. The van der Waals surface area contributed by atoms with E-state index in [2.05, 4.69) is 19.8 Å². The molecule has 0 bridgehead atoms. The number of sulfonamides is 1. The van der Waals surface area contributed by atoms with E-state index in [0.717, 1.165) is 31.8 Å². The molecule has 0 aliphatic carbocycles. The highest BCUT2D eigenvalue weighted by molar-refractivity contribution is 7.89. The van der Waals surface area contributed by atoms with E-state index in [1.165, 1.54) is 7.05 Å². The van der Waals surface area contributed by atoms with Gasteiger partial charge in [-0.3, -0.25) is 0 Å². The van der Waals surface area contributed by atoms with E-state index >= 15 is 0 Å². The summed E-state index contributed by atoms with van der Waals surface area (Å²) in [7, 11) is -2.09. The predicted octanol–water partition coefficient (Wildman–Crippen LogP) is 2.79. The van der Waals surface area contributed by atoms with Crippen molar-refractivity contribution in [2.75, 3.05) is 25.0 Å². The maximum absolute atomic E-state index is 12.0. The molecule has 2 aromatic rings. The molecule has 0 saturated carbocycles. The Morgan fingerprint density at radius 3 is 2.57 bits per heavy atom. The Balaban J connectivity index is 1.58. The minimum absolute atomic E-state index is 0.0244. The van der Waals surface area contributed by atoms with Crippen molar-refractivity contribution in [2.45, 2.75) is 50.5 Å². The minimum atomic E-state index is -3.48. The Morgan fingerprint density at radius 1 is 1.25 bits per heavy atom. The molecule has 28 heavy (non-hydrogen) atoms. The predicted molar refractivity (Wildman–Crippen MR) is 106 cm³/mol. The van der Waals surface area contributed by atoms with Crippen LogP contribution in [-0.2, 0) is 10.0 Å². The summed E-state index contributed by atoms with van der Waals surface area (Å²) in [6.07, 6.45) is 1.85. The van der Waals surface area contributed by atoms with Crippen LogP contribution in [0, 0.1) is 5.92 Å². The molecule has 1 atom stereocenters. The zero-order valence-corrected chi connectivity index (χ0v) is 17.6. The van der Waals surface area contributed by atoms with Gasteiger partial charge in [0.1, 0.15) is 5.75 Å². The zero-order chi connectivity index (χ0) is 20.3. The normalized spacial score (nSPS) is 17.1. The zero-order valence-electron chi connectivity index (χ0n) is 16.8. The van der Waals surface area contributed by atoms with Crippen LogP contribution in [0.3, 0.4) is 0 Å². The third kappa shape index (κ3) is 4.64. The highest BCUT2D eigenvalue weighted by Crippen LogP contribution is 2.28. The van der Waals surface area contributed by atoms with Crippen molar-refractivity contribution in [2.24, 2.45) is 5.92 Å². The Labute approximate surface area is 166 Å². The van der Waals surface area contributed by atoms with Gasteiger partial charge in [0.15, 0.2) is 5.82 Å². The summed E-state index contributed by atoms with van der Waals surface area (Å²) in [5.41, 5.74) is 0. The van der Waals surface area contributed by atoms with Crippen molar-refractivity contribution in [3.63, 3.8) is 0 Å². The second kappa shape index (κ2) is 8.48. The molecule has 3 rings (SSSR count). The Bertz CT molecular complexity index is 889. The molecule has 9 heteroatoms. The standard InChI is InChI=1S/C19H28N4O4S/c1-13(2)18-21-19(27-22-18)23-10-8-15(9-11-23)14(3)26-16-6-5-7-17(12-16)28(24,25)20-4/h5-7,12-15,20H,8-11H2,1-4H3. The molecule has 1 aromatic heterocycles. The lowest BCUT2D eigenvalue weighted by Gasteiger charge is -2.33. The van der Waals surface area contributed by atoms with Crippen molar-refractivity contribution in [1.29, 1.82) is 0 Å². The van der Waals surface area contributed by atoms with Crippen LogP contribution in [0.15, 0.2) is 33.7 Å². The fraction of sp³-hybridized carbons (Fsp3) is 0.579. The topological polar surface area (TPSA) is 97.6 Å². The molecular formula is C19H28N4O4S. The van der Waals surface area contributed by atoms with Gasteiger partial charge in [-0.05, 0) is 44.9 Å². The molecule has 1 fully saturated rings. The third-order valence-electron chi connectivity index (χ3n) is 5.13. The molecular weight excluding hydrogens is 380 g/mol. The summed E-state index contributed by atoms with van der Waals surface area (Å²) in [5.74, 6) is 1.90. The molecule has 0 radical (unpaired) electrons. The first kappa shape index (κ1) is 20.6. The molecule has 1 N–H and O–H groups in total. The van der Waals surface area contributed by atoms with Crippen molar-refractivity contribution in [3.8, 4) is 5.75 Å². The van der Waals surface area contributed by atoms with Gasteiger partial charge >= 0.3 is 6.01 Å². The molecule has 0 amide bonds. The van der Waals surface area contributed by atoms with Crippen LogP contribution >= 0.6 is 0 Å². The van der Waals surface area contributed by atoms with Crippen LogP contribution in [0.2, 0.25) is 0 Å². The van der Waals surface area contributed by atoms with Gasteiger partial charge in [-0.15, -0.1) is 0 Å². The van der Waals surface area contributed by atoms with E-state index in [-0.39, 0.29) is 16.9 Å². The molecule has 1 saturated heterocycles. The van der Waals surface area contributed by atoms with Gasteiger partial charge in [-0.2, -0.15) is 4.98 Å². The van der Waals surface area contributed by atoms with Gasteiger partial charge in [0.2, 0.25) is 10.0 Å². The average molecular weight is 409 g/mol. The number of hydrogen-bond donors (Lipinski definition) is 1. The molecule has 1 aromatic carbocycles. The summed E-state index contributed by atoms with van der Waals surface area (Å²) < 4.78 is 37.7. The van der Waals surface area contributed by atoms with Gasteiger partial charge in [-0.1, -0.05) is 25.1 Å². The van der Waals surface area contributed by atoms with Gasteiger partial charge in [-0.25, -0.2) is 13.1 Å². The average Bonchev–Trinajstić information content (AvgIpc) is 3.19. The van der Waals surface area contributed by atoms with E-state index in [0.29, 0.717) is 17.7 Å². The highest BCUT2D eigenvalue weighted by Gasteiger charge is 2.28. The van der Waals surface area contributed by atoms with E-state index in [1.54, 1.807) is 24.3 Å². The second-order valence-electron chi connectivity index (χ2n) is 7.42. The van der Waals surface area contributed by atoms with Crippen molar-refractivity contribution in [3.05, 3.63) is 30.1 Å². The number of piperidine rings is 1. The van der Waals surface area contributed by atoms with Crippen LogP contribution in [-0.4, -0.2) is 44.8 Å². The maximum Gasteiger partial charge on any atom is 0.324 e. The maximum atomic E-state index is 12.0. The van der Waals surface area contributed by atoms with Crippen LogP contribution < -0.4 is 14.4 Å². The first-order chi connectivity index (χ1) is 13.3. The lowest BCUT2D eigenvalue weighted by molar-refractivity contribution is 0.131. The first-order valence-corrected chi connectivity index (χ1v) is 11.1. The van der Waals surface area contributed by atoms with E-state index < -0.39 is 10.0 Å². The lowest BCUT2D eigenvalue weighted by Crippen LogP contribution is -2.38. The first-order valence-electron chi connectivity index (χ1n) is 9.59. The number of hydrogen-bond acceptors (Lipinski definition) is 7. The Hall–Kier alpha value is -2.13. The fourth-order valence-electron chi connectivity index (χ4n) is 3.29. The van der Waals surface area contributed by atoms with Crippen molar-refractivity contribution >= 4 is 16.0 Å². The molecule has 1 aliphatic rings. The minimum Gasteiger partial charge on any atom is -0.490 e. The van der Waals surface area contributed by atoms with E-state index in [4.69, 9.17) is 9.26 Å². The summed E-state index contributed by atoms with van der Waals surface area (Å²) >= 11 is 0. The Kier molecular flexibility index (Phi) is 6.24. The molecule has 1 aliphatic heterocycles. The summed E-state index contributed by atoms with van der Waals surface area (Å²) in [5, 5.41) is 4.03. The molecule has 0 spiro atoms. The van der Waals surface area contributed by atoms with Gasteiger partial charge < -0.3 is 14.2 Å². The number of aromatic nitrogens is 2. The number of nitrogens with one attached hydrogen (secondary N) is 1. The summed E-state index contributed by atoms with van der Waals surface area (Å²) in [6.45, 7) is 7.76. The number of ether oxygens (including phenoxy) is 1. The summed E-state index contributed by atoms with van der Waals surface area (Å²) in [6, 6.07) is 7.17. The van der Waals surface area contributed by atoms with Crippen molar-refractivity contribution < 1.29 is 17.7 Å². The number of anilines is 1. The quantitative estimate of drug-likeness (QED) is 0.752. The number of nitrogens with zero attached hydrogens (tertiary/aromatic N) is 3. The fourth-order valence-corrected chi connectivity index (χ4v) is 4.06. The number of benzene rings is 1.